The van der Waals surface area contributed by atoms with Crippen molar-refractivity contribution in [1.29, 1.82) is 0 Å². The Bertz CT molecular complexity index is 1680. The van der Waals surface area contributed by atoms with E-state index in [1.165, 1.54) is 19.6 Å². The molecule has 60 heavy (non-hydrogen) atoms. The molecule has 0 fully saturated rings. The van der Waals surface area contributed by atoms with Crippen LogP contribution in [0.25, 0.3) is 13.7 Å². The Morgan fingerprint density at radius 2 is 0.617 bits per heavy atom. The summed E-state index contributed by atoms with van der Waals surface area (Å²) >= 11 is 0. The summed E-state index contributed by atoms with van der Waals surface area (Å²) in [5.41, 5.74) is -34.2. The topological polar surface area (TPSA) is 306 Å². The number of nitrogens with one attached hydrogen (secondary N) is 1. The van der Waals surface area contributed by atoms with Crippen LogP contribution in [-0.4, -0.2) is 98.9 Å². The summed E-state index contributed by atoms with van der Waals surface area (Å²) in [5, 5.41) is 17.3. The van der Waals surface area contributed by atoms with E-state index in [0.717, 1.165) is 11.2 Å². The molecule has 17 nitrogen and oxygen atoms in total. The van der Waals surface area contributed by atoms with Gasteiger partial charge in [0, 0.05) is 0 Å². The van der Waals surface area contributed by atoms with E-state index >= 15 is 0 Å². The molecular formula is C12H24ClF19N4Na4O13S6Si. The third kappa shape index (κ3) is 45.8. The van der Waals surface area contributed by atoms with Crippen LogP contribution in [0.5, 0.6) is 0 Å². The summed E-state index contributed by atoms with van der Waals surface area (Å²) in [4.78, 5) is 0. The molecule has 0 atom stereocenters. The van der Waals surface area contributed by atoms with Crippen LogP contribution in [0.15, 0.2) is 0 Å². The molecule has 0 rings (SSSR count). The van der Waals surface area contributed by atoms with E-state index < -0.39 is 102 Å². The SMILES string of the molecule is C.C.C[O-].C[Si](C)(C)[N-]S(=O)(=O)C(F)(F)F.Cl.NS(=O)(=O)C(F)(F)F.O=S(=O)(F)C(F)(F)F.O=S(=O)([N-]S(=O)(=O)C(F)(F)F)C(F)(F)F.[NH-]S(=O)(=O)C(F)(F)F.[Na+].[Na+].[Na+].[Na+]. The van der Waals surface area contributed by atoms with Crippen LogP contribution in [0, 0.1) is 0 Å². The van der Waals surface area contributed by atoms with Gasteiger partial charge in [-0.2, -0.15) is 94.6 Å². The van der Waals surface area contributed by atoms with Crippen LogP contribution in [0.2, 0.25) is 19.6 Å². The summed E-state index contributed by atoms with van der Waals surface area (Å²) < 4.78 is 330. The first kappa shape index (κ1) is 96.6. The van der Waals surface area contributed by atoms with Crippen molar-refractivity contribution in [3.05, 3.63) is 13.7 Å². The molecule has 3 N–H and O–H groups in total. The van der Waals surface area contributed by atoms with Gasteiger partial charge in [-0.1, -0.05) is 46.6 Å². The standard InChI is InChI=1S/C4H9F3NO2SSi.C2F6NO4S2.CF4O2S.CH2F3NO2S.CHF3NO2S.CH3O.2CH4.ClH.4Na/c1-12(2,3)8-11(9,10)4(5,6)7;3-1(4,5)14(10,11)9-15(12,13)2(6,7)8;3*2-1(3,4)8(5,6)7;1-2;;;;;;;/h1-3H3;;;(H2,5,6,7);(H-,5,6,7);1H3;2*1H4;1H;;;;/q2*-1;;;2*-1;;;;4*+1. The molecule has 0 heterocycles. The molecule has 0 unspecified atom stereocenters. The van der Waals surface area contributed by atoms with E-state index in [2.05, 4.69) is 9.53 Å². The van der Waals surface area contributed by atoms with Crippen molar-refractivity contribution in [1.82, 2.24) is 0 Å². The summed E-state index contributed by atoms with van der Waals surface area (Å²) in [6, 6.07) is 0. The van der Waals surface area contributed by atoms with E-state index in [0.29, 0.717) is 0 Å². The van der Waals surface area contributed by atoms with Crippen LogP contribution < -0.4 is 128 Å². The molecule has 0 bridgehead atoms. The van der Waals surface area contributed by atoms with Gasteiger partial charge in [-0.15, -0.1) is 12.4 Å². The molecule has 0 aromatic carbocycles. The Hall–Kier alpha value is 2.68. The first-order valence-corrected chi connectivity index (χ1v) is 22.1. The van der Waals surface area contributed by atoms with Gasteiger partial charge >= 0.3 is 172 Å². The van der Waals surface area contributed by atoms with Crippen molar-refractivity contribution in [3.63, 3.8) is 0 Å². The van der Waals surface area contributed by atoms with E-state index in [1.54, 1.807) is 0 Å². The predicted molar refractivity (Wildman–Crippen MR) is 156 cm³/mol. The molecule has 0 radical (unpaired) electrons. The fourth-order valence-corrected chi connectivity index (χ4v) is 5.63. The Morgan fingerprint density at radius 3 is 0.667 bits per heavy atom. The second-order valence-corrected chi connectivity index (χ2v) is 22.2. The average molecular weight is 1140 g/mol. The number of alkyl halides is 18. The molecule has 0 spiro atoms. The third-order valence-corrected chi connectivity index (χ3v) is 10.7. The minimum absolute atomic E-state index is 0. The summed E-state index contributed by atoms with van der Waals surface area (Å²) in [6.45, 7) is 4.24. The number of halogens is 20. The molecule has 0 saturated carbocycles. The minimum atomic E-state index is -6.72. The van der Waals surface area contributed by atoms with Crippen molar-refractivity contribution >= 4 is 81.0 Å². The van der Waals surface area contributed by atoms with Crippen molar-refractivity contribution in [2.45, 2.75) is 67.5 Å². The zero-order valence-electron chi connectivity index (χ0n) is 28.8. The summed E-state index contributed by atoms with van der Waals surface area (Å²) in [5.74, 6) is 0. The molecule has 354 valence electrons. The van der Waals surface area contributed by atoms with E-state index in [-0.39, 0.29) is 145 Å². The first-order chi connectivity index (χ1) is 21.9. The second-order valence-electron chi connectivity index (χ2n) is 7.92. The van der Waals surface area contributed by atoms with Crippen molar-refractivity contribution < 1.29 is 257 Å². The maximum Gasteiger partial charge on any atom is 1.00 e. The van der Waals surface area contributed by atoms with Crippen LogP contribution in [-0.2, 0) is 60.3 Å². The molecule has 0 aliphatic heterocycles. The van der Waals surface area contributed by atoms with Gasteiger partial charge in [-0.25, -0.2) is 47.2 Å². The molecule has 0 aromatic rings. The minimum Gasteiger partial charge on any atom is -0.857 e. The number of primary sulfonamides is 1. The first-order valence-electron chi connectivity index (χ1n) is 9.90. The van der Waals surface area contributed by atoms with Gasteiger partial charge in [-0.3, -0.25) is 0 Å². The normalized spacial score (nSPS) is 12.5. The van der Waals surface area contributed by atoms with Crippen molar-refractivity contribution in [2.75, 3.05) is 7.11 Å². The number of nitrogens with zero attached hydrogens (tertiary/aromatic N) is 2. The zero-order valence-corrected chi connectivity index (χ0v) is 43.5. The molecule has 0 aromatic heterocycles. The predicted octanol–water partition coefficient (Wildman–Crippen LogP) is -6.72. The van der Waals surface area contributed by atoms with Gasteiger partial charge in [-0.05, 0) is 0 Å². The van der Waals surface area contributed by atoms with Gasteiger partial charge in [0.25, 0.3) is 0 Å². The van der Waals surface area contributed by atoms with Crippen LogP contribution in [0.3, 0.4) is 0 Å². The quantitative estimate of drug-likeness (QED) is 0.156. The smallest absolute Gasteiger partial charge is 0.857 e. The van der Waals surface area contributed by atoms with Crippen LogP contribution in [0.4, 0.5) is 82.9 Å². The molecular weight excluding hydrogens is 1120 g/mol. The van der Waals surface area contributed by atoms with Crippen LogP contribution in [0.1, 0.15) is 14.9 Å². The monoisotopic (exact) mass is 1140 g/mol. The summed E-state index contributed by atoms with van der Waals surface area (Å²) in [7, 11) is -37.8. The fraction of sp³-hybridized carbons (Fsp3) is 1.00. The molecule has 0 amide bonds. The molecule has 0 aliphatic rings. The Kier molecular flexibility index (Phi) is 53.5. The van der Waals surface area contributed by atoms with Gasteiger partial charge in [0.05, 0.1) is 0 Å². The third-order valence-electron chi connectivity index (χ3n) is 2.37. The molecule has 48 heteroatoms. The van der Waals surface area contributed by atoms with Crippen molar-refractivity contribution in [3.8, 4) is 0 Å². The zero-order chi connectivity index (χ0) is 45.9. The molecule has 0 aliphatic carbocycles. The van der Waals surface area contributed by atoms with Gasteiger partial charge in [0.15, 0.2) is 40.1 Å². The molecule has 0 saturated heterocycles. The van der Waals surface area contributed by atoms with Gasteiger partial charge in [0.2, 0.25) is 0 Å². The number of hydrogen-bond acceptors (Lipinski definition) is 13. The maximum absolute atomic E-state index is 11.7. The van der Waals surface area contributed by atoms with E-state index in [1.807, 2.05) is 0 Å². The number of rotatable bonds is 4. The summed E-state index contributed by atoms with van der Waals surface area (Å²) in [6.07, 6.45) is 0. The maximum atomic E-state index is 11.7. The van der Waals surface area contributed by atoms with Gasteiger partial charge < -0.3 is 18.8 Å². The van der Waals surface area contributed by atoms with Crippen molar-refractivity contribution in [2.24, 2.45) is 5.14 Å². The second kappa shape index (κ2) is 33.2. The Labute approximate surface area is 426 Å². The number of sulfonamides is 5. The number of nitrogens with two attached hydrogens (primary N) is 1. The fourth-order valence-electron chi connectivity index (χ4n) is 0.626. The average Bonchev–Trinajstić information content (AvgIpc) is 2.73. The van der Waals surface area contributed by atoms with Crippen LogP contribution >= 0.6 is 12.4 Å². The van der Waals surface area contributed by atoms with E-state index in [9.17, 15) is 125 Å². The van der Waals surface area contributed by atoms with E-state index in [4.69, 9.17) is 18.7 Å². The Morgan fingerprint density at radius 1 is 0.467 bits per heavy atom. The number of hydrogen-bond donors (Lipinski definition) is 1. The largest absolute Gasteiger partial charge is 1.00 e. The van der Waals surface area contributed by atoms with Gasteiger partial charge in [0.1, 0.15) is 0 Å². The Balaban J connectivity index is -0.0000000411.